The second-order valence-corrected chi connectivity index (χ2v) is 5.10. The maximum atomic E-state index is 12.1. The Balaban J connectivity index is 2.65. The van der Waals surface area contributed by atoms with Crippen LogP contribution in [0, 0.1) is 0 Å². The summed E-state index contributed by atoms with van der Waals surface area (Å²) in [6.45, 7) is 8.06. The van der Waals surface area contributed by atoms with Gasteiger partial charge in [-0.05, 0) is 32.0 Å². The van der Waals surface area contributed by atoms with E-state index in [0.29, 0.717) is 13.1 Å². The zero-order valence-corrected chi connectivity index (χ0v) is 12.4. The zero-order chi connectivity index (χ0) is 14.4. The van der Waals surface area contributed by atoms with Gasteiger partial charge in [0.15, 0.2) is 0 Å². The standard InChI is InChI=1S/C15H25N3O/c1-5-18(11-15(19)17(4)12(2)3)10-13-8-6-7-9-14(13)16/h6-9,12H,5,10-11,16H2,1-4H3. The van der Waals surface area contributed by atoms with Gasteiger partial charge in [-0.25, -0.2) is 0 Å². The second kappa shape index (κ2) is 7.14. The number of hydrogen-bond acceptors (Lipinski definition) is 3. The van der Waals surface area contributed by atoms with Gasteiger partial charge >= 0.3 is 0 Å². The fourth-order valence-electron chi connectivity index (χ4n) is 1.79. The number of amides is 1. The minimum absolute atomic E-state index is 0.145. The Morgan fingerprint density at radius 3 is 2.47 bits per heavy atom. The predicted molar refractivity (Wildman–Crippen MR) is 79.7 cm³/mol. The van der Waals surface area contributed by atoms with E-state index < -0.39 is 0 Å². The maximum Gasteiger partial charge on any atom is 0.236 e. The molecular weight excluding hydrogens is 238 g/mol. The van der Waals surface area contributed by atoms with Crippen LogP contribution in [0.25, 0.3) is 0 Å². The number of likely N-dealkylation sites (N-methyl/N-ethyl adjacent to an activating group) is 2. The van der Waals surface area contributed by atoms with Crippen LogP contribution in [-0.4, -0.2) is 41.9 Å². The van der Waals surface area contributed by atoms with E-state index in [1.54, 1.807) is 4.90 Å². The fourth-order valence-corrected chi connectivity index (χ4v) is 1.79. The lowest BCUT2D eigenvalue weighted by Gasteiger charge is -2.26. The third-order valence-corrected chi connectivity index (χ3v) is 3.42. The molecule has 1 amide bonds. The van der Waals surface area contributed by atoms with Crippen LogP contribution in [0.1, 0.15) is 26.3 Å². The quantitative estimate of drug-likeness (QED) is 0.798. The molecule has 0 aliphatic carbocycles. The first kappa shape index (κ1) is 15.5. The Morgan fingerprint density at radius 1 is 1.32 bits per heavy atom. The summed E-state index contributed by atoms with van der Waals surface area (Å²) < 4.78 is 0. The summed E-state index contributed by atoms with van der Waals surface area (Å²) in [5, 5.41) is 0. The Morgan fingerprint density at radius 2 is 1.95 bits per heavy atom. The van der Waals surface area contributed by atoms with Crippen LogP contribution in [0.3, 0.4) is 0 Å². The molecule has 19 heavy (non-hydrogen) atoms. The van der Waals surface area contributed by atoms with Gasteiger partial charge in [0.1, 0.15) is 0 Å². The van der Waals surface area contributed by atoms with Gasteiger partial charge in [-0.2, -0.15) is 0 Å². The Bertz CT molecular complexity index is 418. The van der Waals surface area contributed by atoms with Crippen molar-refractivity contribution in [1.82, 2.24) is 9.80 Å². The monoisotopic (exact) mass is 263 g/mol. The van der Waals surface area contributed by atoms with Gasteiger partial charge in [-0.1, -0.05) is 25.1 Å². The third-order valence-electron chi connectivity index (χ3n) is 3.42. The molecule has 0 aromatic heterocycles. The number of benzene rings is 1. The smallest absolute Gasteiger partial charge is 0.236 e. The van der Waals surface area contributed by atoms with Crippen molar-refractivity contribution in [1.29, 1.82) is 0 Å². The molecule has 4 nitrogen and oxygen atoms in total. The molecule has 0 radical (unpaired) electrons. The first-order valence-corrected chi connectivity index (χ1v) is 6.77. The number of nitrogens with two attached hydrogens (primary N) is 1. The lowest BCUT2D eigenvalue weighted by Crippen LogP contribution is -2.41. The molecule has 0 saturated heterocycles. The number of carbonyl (C=O) groups excluding carboxylic acids is 1. The molecular formula is C15H25N3O. The molecule has 2 N–H and O–H groups in total. The lowest BCUT2D eigenvalue weighted by molar-refractivity contribution is -0.132. The zero-order valence-electron chi connectivity index (χ0n) is 12.4. The van der Waals surface area contributed by atoms with Crippen LogP contribution in [0.2, 0.25) is 0 Å². The normalized spacial score (nSPS) is 11.1. The first-order valence-electron chi connectivity index (χ1n) is 6.77. The van der Waals surface area contributed by atoms with E-state index in [0.717, 1.165) is 17.8 Å². The van der Waals surface area contributed by atoms with Crippen molar-refractivity contribution in [2.45, 2.75) is 33.4 Å². The average Bonchev–Trinajstić information content (AvgIpc) is 2.39. The van der Waals surface area contributed by atoms with E-state index in [4.69, 9.17) is 5.73 Å². The van der Waals surface area contributed by atoms with Crippen molar-refractivity contribution in [3.63, 3.8) is 0 Å². The molecule has 0 atom stereocenters. The largest absolute Gasteiger partial charge is 0.398 e. The Hall–Kier alpha value is -1.55. The number of para-hydroxylation sites is 1. The summed E-state index contributed by atoms with van der Waals surface area (Å²) in [5.41, 5.74) is 7.80. The molecule has 4 heteroatoms. The summed E-state index contributed by atoms with van der Waals surface area (Å²) in [4.78, 5) is 16.0. The molecule has 0 unspecified atom stereocenters. The molecule has 0 bridgehead atoms. The van der Waals surface area contributed by atoms with Crippen LogP contribution in [0.4, 0.5) is 5.69 Å². The van der Waals surface area contributed by atoms with Gasteiger partial charge in [-0.3, -0.25) is 9.69 Å². The number of nitrogen functional groups attached to an aromatic ring is 1. The first-order chi connectivity index (χ1) is 8.95. The molecule has 1 aromatic carbocycles. The Kier molecular flexibility index (Phi) is 5.83. The van der Waals surface area contributed by atoms with E-state index in [-0.39, 0.29) is 11.9 Å². The van der Waals surface area contributed by atoms with Gasteiger partial charge in [0.2, 0.25) is 5.91 Å². The molecule has 0 spiro atoms. The molecule has 1 aromatic rings. The highest BCUT2D eigenvalue weighted by Crippen LogP contribution is 2.13. The van der Waals surface area contributed by atoms with Crippen molar-refractivity contribution in [2.24, 2.45) is 0 Å². The fraction of sp³-hybridized carbons (Fsp3) is 0.533. The van der Waals surface area contributed by atoms with Crippen molar-refractivity contribution >= 4 is 11.6 Å². The molecule has 106 valence electrons. The van der Waals surface area contributed by atoms with Crippen LogP contribution in [-0.2, 0) is 11.3 Å². The number of hydrogen-bond donors (Lipinski definition) is 1. The molecule has 0 heterocycles. The lowest BCUT2D eigenvalue weighted by atomic mass is 10.1. The molecule has 0 aliphatic heterocycles. The van der Waals surface area contributed by atoms with Gasteiger partial charge in [0.25, 0.3) is 0 Å². The maximum absolute atomic E-state index is 12.1. The summed E-state index contributed by atoms with van der Waals surface area (Å²) in [6, 6.07) is 8.03. The van der Waals surface area contributed by atoms with E-state index in [1.807, 2.05) is 45.2 Å². The average molecular weight is 263 g/mol. The van der Waals surface area contributed by atoms with Crippen molar-refractivity contribution < 1.29 is 4.79 Å². The molecule has 0 aliphatic rings. The summed E-state index contributed by atoms with van der Waals surface area (Å²) >= 11 is 0. The highest BCUT2D eigenvalue weighted by Gasteiger charge is 2.16. The molecule has 1 rings (SSSR count). The Labute approximate surface area is 116 Å². The van der Waals surface area contributed by atoms with Gasteiger partial charge < -0.3 is 10.6 Å². The minimum Gasteiger partial charge on any atom is -0.398 e. The molecule has 0 fully saturated rings. The molecule has 0 saturated carbocycles. The van der Waals surface area contributed by atoms with E-state index in [1.165, 1.54) is 0 Å². The summed E-state index contributed by atoms with van der Waals surface area (Å²) in [5.74, 6) is 0.145. The van der Waals surface area contributed by atoms with Gasteiger partial charge in [0, 0.05) is 25.3 Å². The van der Waals surface area contributed by atoms with Crippen molar-refractivity contribution in [3.05, 3.63) is 29.8 Å². The van der Waals surface area contributed by atoms with Crippen molar-refractivity contribution in [2.75, 3.05) is 25.9 Å². The van der Waals surface area contributed by atoms with Crippen LogP contribution >= 0.6 is 0 Å². The van der Waals surface area contributed by atoms with Crippen LogP contribution in [0.5, 0.6) is 0 Å². The number of rotatable bonds is 6. The summed E-state index contributed by atoms with van der Waals surface area (Å²) in [7, 11) is 1.84. The summed E-state index contributed by atoms with van der Waals surface area (Å²) in [6.07, 6.45) is 0. The van der Waals surface area contributed by atoms with E-state index in [2.05, 4.69) is 11.8 Å². The highest BCUT2D eigenvalue weighted by atomic mass is 16.2. The third kappa shape index (κ3) is 4.56. The second-order valence-electron chi connectivity index (χ2n) is 5.10. The van der Waals surface area contributed by atoms with Gasteiger partial charge in [-0.15, -0.1) is 0 Å². The van der Waals surface area contributed by atoms with Crippen LogP contribution in [0.15, 0.2) is 24.3 Å². The minimum atomic E-state index is 0.145. The number of anilines is 1. The topological polar surface area (TPSA) is 49.6 Å². The number of carbonyl (C=O) groups is 1. The van der Waals surface area contributed by atoms with Gasteiger partial charge in [0.05, 0.1) is 6.54 Å². The van der Waals surface area contributed by atoms with Crippen LogP contribution < -0.4 is 5.73 Å². The highest BCUT2D eigenvalue weighted by molar-refractivity contribution is 5.78. The SMILES string of the molecule is CCN(CC(=O)N(C)C(C)C)Cc1ccccc1N. The van der Waals surface area contributed by atoms with Crippen molar-refractivity contribution in [3.8, 4) is 0 Å². The van der Waals surface area contributed by atoms with E-state index >= 15 is 0 Å². The van der Waals surface area contributed by atoms with E-state index in [9.17, 15) is 4.79 Å². The number of nitrogens with zero attached hydrogens (tertiary/aromatic N) is 2. The predicted octanol–water partition coefficient (Wildman–Crippen LogP) is 1.96.